The van der Waals surface area contributed by atoms with Crippen LogP contribution in [0.3, 0.4) is 0 Å². The first kappa shape index (κ1) is 14.3. The average molecular weight is 374 g/mol. The molecule has 1 aliphatic rings. The highest BCUT2D eigenvalue weighted by molar-refractivity contribution is 9.11. The van der Waals surface area contributed by atoms with Crippen LogP contribution < -0.4 is 0 Å². The molecule has 0 aliphatic heterocycles. The second kappa shape index (κ2) is 6.33. The summed E-state index contributed by atoms with van der Waals surface area (Å²) in [6, 6.07) is 5.82. The fourth-order valence-corrected chi connectivity index (χ4v) is 4.05. The number of halogens is 2. The highest BCUT2D eigenvalue weighted by Crippen LogP contribution is 2.34. The van der Waals surface area contributed by atoms with Crippen LogP contribution in [0.4, 0.5) is 0 Å². The molecule has 1 nitrogen and oxygen atoms in total. The van der Waals surface area contributed by atoms with Gasteiger partial charge in [-0.15, -0.1) is 0 Å². The van der Waals surface area contributed by atoms with Gasteiger partial charge in [0.2, 0.25) is 0 Å². The molecule has 0 aromatic heterocycles. The average Bonchev–Trinajstić information content (AvgIpc) is 2.38. The van der Waals surface area contributed by atoms with Crippen molar-refractivity contribution in [2.45, 2.75) is 39.0 Å². The predicted octanol–water partition coefficient (Wildman–Crippen LogP) is 5.61. The Morgan fingerprint density at radius 2 is 2.11 bits per heavy atom. The summed E-state index contributed by atoms with van der Waals surface area (Å²) in [6.07, 6.45) is 5.81. The molecule has 2 rings (SSSR count). The van der Waals surface area contributed by atoms with Gasteiger partial charge in [-0.2, -0.15) is 0 Å². The molecule has 0 bridgehead atoms. The fourth-order valence-electron chi connectivity index (χ4n) is 2.81. The third-order valence-electron chi connectivity index (χ3n) is 3.93. The second-order valence-electron chi connectivity index (χ2n) is 5.13. The predicted molar refractivity (Wildman–Crippen MR) is 81.9 cm³/mol. The molecule has 98 valence electrons. The van der Waals surface area contributed by atoms with Crippen LogP contribution in [-0.2, 0) is 0 Å². The lowest BCUT2D eigenvalue weighted by Crippen LogP contribution is -2.23. The maximum absolute atomic E-state index is 12.5. The Morgan fingerprint density at radius 3 is 2.78 bits per heavy atom. The molecule has 0 amide bonds. The lowest BCUT2D eigenvalue weighted by atomic mass is 9.77. The number of benzene rings is 1. The molecule has 1 aromatic carbocycles. The van der Waals surface area contributed by atoms with Crippen LogP contribution in [0.15, 0.2) is 27.1 Å². The lowest BCUT2D eigenvalue weighted by molar-refractivity contribution is 0.0861. The van der Waals surface area contributed by atoms with E-state index in [1.165, 1.54) is 19.3 Å². The van der Waals surface area contributed by atoms with E-state index in [0.29, 0.717) is 5.78 Å². The number of hydrogen-bond donors (Lipinski definition) is 0. The molecule has 0 saturated heterocycles. The van der Waals surface area contributed by atoms with Crippen LogP contribution in [0.1, 0.15) is 49.4 Å². The second-order valence-corrected chi connectivity index (χ2v) is 6.90. The van der Waals surface area contributed by atoms with Crippen LogP contribution >= 0.6 is 31.9 Å². The highest BCUT2D eigenvalue weighted by atomic mass is 79.9. The van der Waals surface area contributed by atoms with Crippen molar-refractivity contribution in [3.8, 4) is 0 Å². The van der Waals surface area contributed by atoms with Gasteiger partial charge in [0.1, 0.15) is 0 Å². The van der Waals surface area contributed by atoms with Crippen molar-refractivity contribution in [2.75, 3.05) is 0 Å². The van der Waals surface area contributed by atoms with E-state index in [-0.39, 0.29) is 5.92 Å². The Balaban J connectivity index is 2.15. The molecule has 1 saturated carbocycles. The topological polar surface area (TPSA) is 17.1 Å². The zero-order chi connectivity index (χ0) is 13.1. The quantitative estimate of drug-likeness (QED) is 0.629. The molecule has 2 unspecified atom stereocenters. The lowest BCUT2D eigenvalue weighted by Gasteiger charge is -2.27. The normalized spacial score (nSPS) is 23.9. The fraction of sp³-hybridized carbons (Fsp3) is 0.533. The van der Waals surface area contributed by atoms with E-state index in [1.807, 2.05) is 18.2 Å². The first-order valence-electron chi connectivity index (χ1n) is 6.61. The van der Waals surface area contributed by atoms with Crippen LogP contribution in [0.2, 0.25) is 0 Å². The maximum Gasteiger partial charge on any atom is 0.167 e. The first-order valence-corrected chi connectivity index (χ1v) is 8.19. The van der Waals surface area contributed by atoms with E-state index in [4.69, 9.17) is 0 Å². The Bertz CT molecular complexity index is 442. The van der Waals surface area contributed by atoms with Crippen molar-refractivity contribution >= 4 is 37.6 Å². The van der Waals surface area contributed by atoms with Gasteiger partial charge in [-0.05, 0) is 37.0 Å². The summed E-state index contributed by atoms with van der Waals surface area (Å²) in [5.41, 5.74) is 0.833. The Morgan fingerprint density at radius 1 is 1.33 bits per heavy atom. The van der Waals surface area contributed by atoms with Crippen molar-refractivity contribution < 1.29 is 4.79 Å². The number of carbonyl (C=O) groups is 1. The smallest absolute Gasteiger partial charge is 0.167 e. The summed E-state index contributed by atoms with van der Waals surface area (Å²) in [5.74, 6) is 1.27. The molecule has 0 spiro atoms. The van der Waals surface area contributed by atoms with Crippen molar-refractivity contribution in [1.82, 2.24) is 0 Å². The van der Waals surface area contributed by atoms with Crippen LogP contribution in [-0.4, -0.2) is 5.78 Å². The van der Waals surface area contributed by atoms with Gasteiger partial charge in [0.05, 0.1) is 0 Å². The summed E-state index contributed by atoms with van der Waals surface area (Å²) >= 11 is 6.92. The molecule has 1 aliphatic carbocycles. The molecular formula is C15H18Br2O. The standard InChI is InChI=1S/C15H18Br2O/c1-2-10-4-3-5-11(8-10)15(18)13-7-6-12(16)9-14(13)17/h6-7,9-11H,2-5,8H2,1H3. The monoisotopic (exact) mass is 372 g/mol. The first-order chi connectivity index (χ1) is 8.61. The summed E-state index contributed by atoms with van der Waals surface area (Å²) in [6.45, 7) is 2.23. The van der Waals surface area contributed by atoms with Gasteiger partial charge < -0.3 is 0 Å². The molecule has 1 aromatic rings. The zero-order valence-corrected chi connectivity index (χ0v) is 13.8. The molecule has 0 N–H and O–H groups in total. The number of hydrogen-bond acceptors (Lipinski definition) is 1. The van der Waals surface area contributed by atoms with Gasteiger partial charge in [0, 0.05) is 20.4 Å². The minimum atomic E-state index is 0.223. The maximum atomic E-state index is 12.5. The minimum Gasteiger partial charge on any atom is -0.294 e. The summed E-state index contributed by atoms with van der Waals surface area (Å²) in [5, 5.41) is 0. The molecule has 3 heteroatoms. The van der Waals surface area contributed by atoms with E-state index >= 15 is 0 Å². The van der Waals surface area contributed by atoms with E-state index in [0.717, 1.165) is 33.3 Å². The summed E-state index contributed by atoms with van der Waals surface area (Å²) in [4.78, 5) is 12.5. The molecule has 0 heterocycles. The van der Waals surface area contributed by atoms with Crippen molar-refractivity contribution in [3.63, 3.8) is 0 Å². The van der Waals surface area contributed by atoms with Gasteiger partial charge in [-0.1, -0.05) is 58.0 Å². The zero-order valence-electron chi connectivity index (χ0n) is 10.6. The Hall–Kier alpha value is -0.150. The van der Waals surface area contributed by atoms with Gasteiger partial charge >= 0.3 is 0 Å². The number of carbonyl (C=O) groups excluding carboxylic acids is 1. The molecule has 0 radical (unpaired) electrons. The van der Waals surface area contributed by atoms with Gasteiger partial charge in [-0.25, -0.2) is 0 Å². The van der Waals surface area contributed by atoms with Crippen LogP contribution in [0.5, 0.6) is 0 Å². The minimum absolute atomic E-state index is 0.223. The molecular weight excluding hydrogens is 356 g/mol. The molecule has 1 fully saturated rings. The Kier molecular flexibility index (Phi) is 5.02. The SMILES string of the molecule is CCC1CCCC(C(=O)c2ccc(Br)cc2Br)C1. The van der Waals surface area contributed by atoms with Crippen LogP contribution in [0, 0.1) is 11.8 Å². The highest BCUT2D eigenvalue weighted by Gasteiger charge is 2.27. The summed E-state index contributed by atoms with van der Waals surface area (Å²) < 4.78 is 1.90. The Labute approximate surface area is 126 Å². The number of Topliss-reactive ketones (excluding diaryl/α,β-unsaturated/α-hetero) is 1. The third-order valence-corrected chi connectivity index (χ3v) is 5.08. The van der Waals surface area contributed by atoms with Crippen molar-refractivity contribution in [2.24, 2.45) is 11.8 Å². The number of rotatable bonds is 3. The van der Waals surface area contributed by atoms with Crippen LogP contribution in [0.25, 0.3) is 0 Å². The number of ketones is 1. The van der Waals surface area contributed by atoms with E-state index in [2.05, 4.69) is 38.8 Å². The van der Waals surface area contributed by atoms with Gasteiger partial charge in [-0.3, -0.25) is 4.79 Å². The third kappa shape index (κ3) is 3.24. The van der Waals surface area contributed by atoms with E-state index in [1.54, 1.807) is 0 Å². The molecule has 18 heavy (non-hydrogen) atoms. The van der Waals surface area contributed by atoms with E-state index in [9.17, 15) is 4.79 Å². The van der Waals surface area contributed by atoms with Gasteiger partial charge in [0.25, 0.3) is 0 Å². The summed E-state index contributed by atoms with van der Waals surface area (Å²) in [7, 11) is 0. The van der Waals surface area contributed by atoms with Gasteiger partial charge in [0.15, 0.2) is 5.78 Å². The van der Waals surface area contributed by atoms with E-state index < -0.39 is 0 Å². The molecule has 2 atom stereocenters. The van der Waals surface area contributed by atoms with Crippen molar-refractivity contribution in [1.29, 1.82) is 0 Å². The largest absolute Gasteiger partial charge is 0.294 e. The van der Waals surface area contributed by atoms with Crippen molar-refractivity contribution in [3.05, 3.63) is 32.7 Å².